The molecule has 4 aromatic rings. The van der Waals surface area contributed by atoms with Gasteiger partial charge in [0, 0.05) is 61.5 Å². The van der Waals surface area contributed by atoms with Crippen LogP contribution in [0.15, 0.2) is 90.9 Å². The third-order valence-electron chi connectivity index (χ3n) is 11.1. The van der Waals surface area contributed by atoms with E-state index in [1.807, 2.05) is 95.0 Å². The van der Waals surface area contributed by atoms with Gasteiger partial charge in [-0.1, -0.05) is 60.7 Å². The van der Waals surface area contributed by atoms with Gasteiger partial charge in [0.25, 0.3) is 0 Å². The number of allylic oxidation sites excluding steroid dienone is 1. The van der Waals surface area contributed by atoms with Crippen molar-refractivity contribution in [2.24, 2.45) is 11.8 Å². The quantitative estimate of drug-likeness (QED) is 0.125. The molecule has 2 aliphatic carbocycles. The summed E-state index contributed by atoms with van der Waals surface area (Å²) in [5.74, 6) is 1.20. The average molecular weight is 741 g/mol. The number of carbonyl (C=O) groups is 4. The minimum Gasteiger partial charge on any atom is -0.344 e. The fourth-order valence-electron chi connectivity index (χ4n) is 7.76. The molecule has 12 heteroatoms. The molecular weight excluding hydrogens is 693 g/mol. The number of nitrogens with one attached hydrogen (secondary N) is 4. The lowest BCUT2D eigenvalue weighted by molar-refractivity contribution is -0.138. The summed E-state index contributed by atoms with van der Waals surface area (Å²) in [5.41, 5.74) is 6.69. The molecule has 0 bridgehead atoms. The molecule has 4 heterocycles. The van der Waals surface area contributed by atoms with Gasteiger partial charge in [-0.3, -0.25) is 19.2 Å². The molecule has 4 amide bonds. The minimum absolute atomic E-state index is 0.00677. The van der Waals surface area contributed by atoms with Gasteiger partial charge in [-0.25, -0.2) is 9.97 Å². The molecule has 4 atom stereocenters. The number of benzene rings is 2. The second-order valence-electron chi connectivity index (χ2n) is 15.2. The van der Waals surface area contributed by atoms with Gasteiger partial charge in [-0.15, -0.1) is 5.73 Å². The molecule has 4 aliphatic rings. The van der Waals surface area contributed by atoms with Gasteiger partial charge in [0.15, 0.2) is 0 Å². The zero-order valence-corrected chi connectivity index (χ0v) is 31.0. The maximum Gasteiger partial charge on any atom is 0.250 e. The van der Waals surface area contributed by atoms with Crippen molar-refractivity contribution in [1.82, 2.24) is 40.4 Å². The Kier molecular flexibility index (Phi) is 10.8. The molecule has 55 heavy (non-hydrogen) atoms. The van der Waals surface area contributed by atoms with E-state index >= 15 is 0 Å². The average Bonchev–Trinajstić information content (AvgIpc) is 3.99. The number of imidazole rings is 2. The van der Waals surface area contributed by atoms with Gasteiger partial charge in [0.05, 0.1) is 12.1 Å². The Balaban J connectivity index is 0.869. The van der Waals surface area contributed by atoms with Gasteiger partial charge in [0.2, 0.25) is 23.6 Å². The minimum atomic E-state index is -0.721. The van der Waals surface area contributed by atoms with E-state index in [1.165, 1.54) is 0 Å². The number of rotatable bonds is 14. The summed E-state index contributed by atoms with van der Waals surface area (Å²) in [4.78, 5) is 73.3. The van der Waals surface area contributed by atoms with Crippen molar-refractivity contribution in [1.29, 1.82) is 0 Å². The van der Waals surface area contributed by atoms with Gasteiger partial charge >= 0.3 is 0 Å². The summed E-state index contributed by atoms with van der Waals surface area (Å²) in [5, 5.41) is 6.06. The van der Waals surface area contributed by atoms with Crippen LogP contribution in [0.5, 0.6) is 0 Å². The van der Waals surface area contributed by atoms with Gasteiger partial charge in [-0.2, -0.15) is 0 Å². The van der Waals surface area contributed by atoms with Crippen molar-refractivity contribution in [2.45, 2.75) is 88.4 Å². The third-order valence-corrected chi connectivity index (χ3v) is 11.1. The Morgan fingerprint density at radius 2 is 1.07 bits per heavy atom. The maximum atomic E-state index is 13.9. The first kappa shape index (κ1) is 36.2. The van der Waals surface area contributed by atoms with Crippen molar-refractivity contribution < 1.29 is 19.2 Å². The van der Waals surface area contributed by atoms with E-state index in [-0.39, 0.29) is 47.5 Å². The first-order valence-electron chi connectivity index (χ1n) is 19.7. The molecule has 2 aromatic carbocycles. The number of aromatic amines is 2. The molecular formula is C43H48N8O4. The van der Waals surface area contributed by atoms with Crippen molar-refractivity contribution >= 4 is 23.6 Å². The summed E-state index contributed by atoms with van der Waals surface area (Å²) >= 11 is 0. The summed E-state index contributed by atoms with van der Waals surface area (Å²) < 4.78 is 0. The van der Waals surface area contributed by atoms with Crippen molar-refractivity contribution in [3.63, 3.8) is 0 Å². The van der Waals surface area contributed by atoms with Gasteiger partial charge < -0.3 is 30.4 Å². The number of amides is 4. The Morgan fingerprint density at radius 3 is 1.47 bits per heavy atom. The van der Waals surface area contributed by atoms with Crippen LogP contribution >= 0.6 is 0 Å². The Labute approximate surface area is 320 Å². The van der Waals surface area contributed by atoms with Crippen LogP contribution in [0.3, 0.4) is 0 Å². The smallest absolute Gasteiger partial charge is 0.250 e. The molecule has 2 saturated heterocycles. The highest BCUT2D eigenvalue weighted by atomic mass is 16.2. The molecule has 4 fully saturated rings. The normalized spacial score (nSPS) is 20.4. The van der Waals surface area contributed by atoms with E-state index < -0.39 is 12.1 Å². The molecule has 2 aliphatic heterocycles. The highest BCUT2D eigenvalue weighted by Gasteiger charge is 2.40. The number of hydrogen-bond acceptors (Lipinski definition) is 6. The third kappa shape index (κ3) is 8.49. The van der Waals surface area contributed by atoms with E-state index in [0.29, 0.717) is 25.9 Å². The molecule has 0 spiro atoms. The van der Waals surface area contributed by atoms with Crippen LogP contribution in [0.2, 0.25) is 0 Å². The van der Waals surface area contributed by atoms with Crippen LogP contribution in [0.1, 0.15) is 110 Å². The predicted molar refractivity (Wildman–Crippen MR) is 205 cm³/mol. The maximum absolute atomic E-state index is 13.9. The summed E-state index contributed by atoms with van der Waals surface area (Å²) in [6.07, 6.45) is 15.5. The largest absolute Gasteiger partial charge is 0.344 e. The standard InChI is InChI=1S/C43H48N8O4/c52-40(30-20-21-30)48-36(28-12-4-1-5-13-28)42(54)50-24-10-18-34(50)38-44-26-32(46-38)16-8-3-9-17-33-27-45-39(47-33)35-19-11-25-51(35)43(55)37(29-14-6-2-7-15-29)49-41(53)31-22-23-31/h1-2,4-9,12-15,26-27,30-31,34-37H,10-11,16-25H2,(H,44,46)(H,45,47)(H,48,52)(H,49,53)/t3?,34-,35-,36+,37+/m0/s1. The first-order valence-corrected chi connectivity index (χ1v) is 19.7. The van der Waals surface area contributed by atoms with Gasteiger partial charge in [0.1, 0.15) is 23.7 Å². The molecule has 12 nitrogen and oxygen atoms in total. The molecule has 0 radical (unpaired) electrons. The lowest BCUT2D eigenvalue weighted by atomic mass is 10.0. The number of H-pyrrole nitrogens is 2. The topological polar surface area (TPSA) is 156 Å². The Hall–Kier alpha value is -5.74. The Morgan fingerprint density at radius 1 is 0.655 bits per heavy atom. The van der Waals surface area contributed by atoms with Crippen LogP contribution in [0, 0.1) is 11.8 Å². The fraction of sp³-hybridized carbons (Fsp3) is 0.419. The van der Waals surface area contributed by atoms with Crippen LogP contribution in [-0.2, 0) is 32.0 Å². The van der Waals surface area contributed by atoms with Crippen molar-refractivity contribution in [2.75, 3.05) is 13.1 Å². The van der Waals surface area contributed by atoms with E-state index in [4.69, 9.17) is 0 Å². The molecule has 0 unspecified atom stereocenters. The van der Waals surface area contributed by atoms with Gasteiger partial charge in [-0.05, 0) is 74.6 Å². The molecule has 2 saturated carbocycles. The Bertz CT molecular complexity index is 1920. The van der Waals surface area contributed by atoms with Crippen LogP contribution < -0.4 is 10.6 Å². The highest BCUT2D eigenvalue weighted by Crippen LogP contribution is 2.36. The van der Waals surface area contributed by atoms with E-state index in [0.717, 1.165) is 85.5 Å². The number of carbonyl (C=O) groups excluding carboxylic acids is 4. The number of aromatic nitrogens is 4. The van der Waals surface area contributed by atoms with E-state index in [2.05, 4.69) is 36.3 Å². The van der Waals surface area contributed by atoms with Crippen LogP contribution in [-0.4, -0.2) is 66.5 Å². The second-order valence-corrected chi connectivity index (χ2v) is 15.2. The highest BCUT2D eigenvalue weighted by molar-refractivity contribution is 5.91. The first-order chi connectivity index (χ1) is 26.9. The van der Waals surface area contributed by atoms with Crippen LogP contribution in [0.25, 0.3) is 0 Å². The molecule has 4 N–H and O–H groups in total. The molecule has 8 rings (SSSR count). The fourth-order valence-corrected chi connectivity index (χ4v) is 7.76. The van der Waals surface area contributed by atoms with E-state index in [1.54, 1.807) is 0 Å². The zero-order valence-electron chi connectivity index (χ0n) is 31.0. The van der Waals surface area contributed by atoms with Crippen LogP contribution in [0.4, 0.5) is 0 Å². The van der Waals surface area contributed by atoms with Crippen molar-refractivity contribution in [3.8, 4) is 0 Å². The van der Waals surface area contributed by atoms with E-state index in [9.17, 15) is 19.2 Å². The molecule has 284 valence electrons. The zero-order chi connectivity index (χ0) is 37.7. The second kappa shape index (κ2) is 16.3. The number of hydrogen-bond donors (Lipinski definition) is 4. The monoisotopic (exact) mass is 740 g/mol. The lowest BCUT2D eigenvalue weighted by Crippen LogP contribution is -2.43. The molecule has 2 aromatic heterocycles. The summed E-state index contributed by atoms with van der Waals surface area (Å²) in [6, 6.07) is 17.1. The number of likely N-dealkylation sites (tertiary alicyclic amines) is 2. The SMILES string of the molecule is O=C(N[C@@H](C(=O)N1CCC[C@H]1c1ncc(CC=C=CCc2cnc([C@@H]3CCCN3C(=O)[C@H](NC(=O)C3CC3)c3ccccc3)[nH]2)[nH]1)c1ccccc1)C1CC1. The number of nitrogens with zero attached hydrogens (tertiary/aromatic N) is 4. The summed E-state index contributed by atoms with van der Waals surface area (Å²) in [7, 11) is 0. The lowest BCUT2D eigenvalue weighted by Gasteiger charge is -2.28. The van der Waals surface area contributed by atoms with Crippen molar-refractivity contribution in [3.05, 3.63) is 125 Å². The predicted octanol–water partition coefficient (Wildman–Crippen LogP) is 5.49. The summed E-state index contributed by atoms with van der Waals surface area (Å²) in [6.45, 7) is 1.23.